The van der Waals surface area contributed by atoms with Gasteiger partial charge in [-0.05, 0) is 48.7 Å². The molecule has 31 heavy (non-hydrogen) atoms. The van der Waals surface area contributed by atoms with Gasteiger partial charge in [0, 0.05) is 18.8 Å². The van der Waals surface area contributed by atoms with Crippen LogP contribution < -0.4 is 4.90 Å². The molecule has 0 aliphatic carbocycles. The van der Waals surface area contributed by atoms with E-state index in [0.717, 1.165) is 16.7 Å². The van der Waals surface area contributed by atoms with Gasteiger partial charge in [0.15, 0.2) is 5.60 Å². The van der Waals surface area contributed by atoms with Crippen molar-refractivity contribution in [3.8, 4) is 0 Å². The van der Waals surface area contributed by atoms with Crippen molar-refractivity contribution in [2.45, 2.75) is 44.0 Å². The van der Waals surface area contributed by atoms with E-state index in [-0.39, 0.29) is 0 Å². The van der Waals surface area contributed by atoms with Crippen LogP contribution in [0.15, 0.2) is 54.6 Å². The van der Waals surface area contributed by atoms with E-state index in [9.17, 15) is 18.3 Å². The molecule has 1 aliphatic heterocycles. The van der Waals surface area contributed by atoms with Crippen LogP contribution in [0.3, 0.4) is 0 Å². The summed E-state index contributed by atoms with van der Waals surface area (Å²) < 4.78 is 42.7. The molecule has 0 fully saturated rings. The molecular formula is C25H31F3N2O. The zero-order chi connectivity index (χ0) is 22.9. The smallest absolute Gasteiger partial charge is 0.379 e. The summed E-state index contributed by atoms with van der Waals surface area (Å²) in [5.41, 5.74) is -0.355. The van der Waals surface area contributed by atoms with Gasteiger partial charge in [-0.25, -0.2) is 0 Å². The lowest BCUT2D eigenvalue weighted by Crippen LogP contribution is -2.56. The molecule has 0 radical (unpaired) electrons. The Labute approximate surface area is 182 Å². The van der Waals surface area contributed by atoms with Crippen LogP contribution in [0.1, 0.15) is 37.0 Å². The van der Waals surface area contributed by atoms with Crippen LogP contribution in [0, 0.1) is 0 Å². The number of β-amino-alcohol motifs (C(OH)–C–C–N with tert-alkyl or cyclic N) is 1. The minimum atomic E-state index is -4.76. The highest BCUT2D eigenvalue weighted by molar-refractivity contribution is 5.71. The number of alkyl halides is 3. The second kappa shape index (κ2) is 8.67. The van der Waals surface area contributed by atoms with Crippen molar-refractivity contribution in [3.63, 3.8) is 0 Å². The molecule has 0 saturated heterocycles. The van der Waals surface area contributed by atoms with Crippen molar-refractivity contribution in [2.75, 3.05) is 32.1 Å². The van der Waals surface area contributed by atoms with E-state index >= 15 is 0 Å². The van der Waals surface area contributed by atoms with E-state index in [1.807, 2.05) is 67.5 Å². The quantitative estimate of drug-likeness (QED) is 0.648. The Bertz CT molecular complexity index is 936. The highest BCUT2D eigenvalue weighted by atomic mass is 19.4. The van der Waals surface area contributed by atoms with E-state index < -0.39 is 30.2 Å². The summed E-state index contributed by atoms with van der Waals surface area (Å²) in [6.45, 7) is 4.04. The molecule has 1 heterocycles. The fourth-order valence-corrected chi connectivity index (χ4v) is 4.32. The molecular weight excluding hydrogens is 401 g/mol. The third-order valence-electron chi connectivity index (χ3n) is 5.82. The Kier molecular flexibility index (Phi) is 6.53. The average Bonchev–Trinajstić information content (AvgIpc) is 2.67. The summed E-state index contributed by atoms with van der Waals surface area (Å²) in [6, 6.07) is 14.9. The Balaban J connectivity index is 1.90. The second-order valence-corrected chi connectivity index (χ2v) is 9.37. The molecule has 3 rings (SSSR count). The first-order chi connectivity index (χ1) is 14.4. The highest BCUT2D eigenvalue weighted by Crippen LogP contribution is 2.43. The number of para-hydroxylation sites is 1. The molecule has 2 aromatic rings. The Hall–Kier alpha value is -2.31. The Morgan fingerprint density at radius 3 is 2.42 bits per heavy atom. The van der Waals surface area contributed by atoms with Crippen LogP contribution in [0.5, 0.6) is 0 Å². The first kappa shape index (κ1) is 23.4. The molecule has 0 spiro atoms. The standard InChI is InChI=1S/C25H31F3N2O/c1-23(2,21-12-7-9-19(15-21)16-29(3)4)17-24(31,25(26,27)28)18-30-14-8-11-20-10-5-6-13-22(20)30/h5-13,15,31H,14,16-18H2,1-4H3. The van der Waals surface area contributed by atoms with Gasteiger partial charge in [-0.1, -0.05) is 68.5 Å². The number of nitrogens with zero attached hydrogens (tertiary/aromatic N) is 2. The normalized spacial score (nSPS) is 16.4. The molecule has 0 saturated carbocycles. The maximum atomic E-state index is 14.2. The molecule has 3 nitrogen and oxygen atoms in total. The third kappa shape index (κ3) is 5.31. The molecule has 1 N–H and O–H groups in total. The Morgan fingerprint density at radius 2 is 1.74 bits per heavy atom. The monoisotopic (exact) mass is 432 g/mol. The number of aliphatic hydroxyl groups is 1. The van der Waals surface area contributed by atoms with Gasteiger partial charge in [-0.3, -0.25) is 0 Å². The van der Waals surface area contributed by atoms with E-state index in [1.165, 1.54) is 0 Å². The summed E-state index contributed by atoms with van der Waals surface area (Å²) in [7, 11) is 3.90. The van der Waals surface area contributed by atoms with Crippen LogP contribution in [-0.4, -0.2) is 49.0 Å². The summed E-state index contributed by atoms with van der Waals surface area (Å²) in [6.07, 6.45) is -1.47. The lowest BCUT2D eigenvalue weighted by molar-refractivity contribution is -0.262. The Morgan fingerprint density at radius 1 is 1.03 bits per heavy atom. The predicted octanol–water partition coefficient (Wildman–Crippen LogP) is 5.24. The van der Waals surface area contributed by atoms with Gasteiger partial charge in [0.1, 0.15) is 0 Å². The molecule has 1 atom stereocenters. The van der Waals surface area contributed by atoms with Gasteiger partial charge < -0.3 is 14.9 Å². The van der Waals surface area contributed by atoms with Gasteiger partial charge in [0.2, 0.25) is 0 Å². The molecule has 0 bridgehead atoms. The van der Waals surface area contributed by atoms with E-state index in [4.69, 9.17) is 0 Å². The van der Waals surface area contributed by atoms with E-state index in [1.54, 1.807) is 30.9 Å². The third-order valence-corrected chi connectivity index (χ3v) is 5.82. The van der Waals surface area contributed by atoms with Crippen LogP contribution in [-0.2, 0) is 12.0 Å². The number of benzene rings is 2. The van der Waals surface area contributed by atoms with Crippen LogP contribution >= 0.6 is 0 Å². The minimum Gasteiger partial charge on any atom is -0.379 e. The topological polar surface area (TPSA) is 26.7 Å². The lowest BCUT2D eigenvalue weighted by atomic mass is 9.74. The van der Waals surface area contributed by atoms with Crippen molar-refractivity contribution >= 4 is 11.8 Å². The maximum absolute atomic E-state index is 14.2. The fourth-order valence-electron chi connectivity index (χ4n) is 4.32. The van der Waals surface area contributed by atoms with Gasteiger partial charge in [-0.15, -0.1) is 0 Å². The molecule has 0 aromatic heterocycles. The average molecular weight is 433 g/mol. The number of hydrogen-bond acceptors (Lipinski definition) is 3. The fraction of sp³-hybridized carbons (Fsp3) is 0.440. The molecule has 1 aliphatic rings. The van der Waals surface area contributed by atoms with Gasteiger partial charge in [0.25, 0.3) is 0 Å². The second-order valence-electron chi connectivity index (χ2n) is 9.37. The van der Waals surface area contributed by atoms with Crippen molar-refractivity contribution in [1.29, 1.82) is 0 Å². The zero-order valence-corrected chi connectivity index (χ0v) is 18.6. The summed E-state index contributed by atoms with van der Waals surface area (Å²) in [5.74, 6) is 0. The number of rotatable bonds is 7. The lowest BCUT2D eigenvalue weighted by Gasteiger charge is -2.42. The van der Waals surface area contributed by atoms with E-state index in [0.29, 0.717) is 18.8 Å². The number of hydrogen-bond donors (Lipinski definition) is 1. The zero-order valence-electron chi connectivity index (χ0n) is 18.6. The van der Waals surface area contributed by atoms with Gasteiger partial charge in [0.05, 0.1) is 6.54 Å². The van der Waals surface area contributed by atoms with Crippen molar-refractivity contribution in [3.05, 3.63) is 71.3 Å². The van der Waals surface area contributed by atoms with Crippen LogP contribution in [0.25, 0.3) is 6.08 Å². The number of halogens is 3. The predicted molar refractivity (Wildman–Crippen MR) is 120 cm³/mol. The summed E-state index contributed by atoms with van der Waals surface area (Å²) in [5, 5.41) is 11.0. The molecule has 2 aromatic carbocycles. The summed E-state index contributed by atoms with van der Waals surface area (Å²) in [4.78, 5) is 3.63. The molecule has 1 unspecified atom stereocenters. The van der Waals surface area contributed by atoms with Crippen LogP contribution in [0.4, 0.5) is 18.9 Å². The van der Waals surface area contributed by atoms with Crippen molar-refractivity contribution in [2.24, 2.45) is 0 Å². The highest BCUT2D eigenvalue weighted by Gasteiger charge is 2.56. The van der Waals surface area contributed by atoms with Gasteiger partial charge in [-0.2, -0.15) is 13.2 Å². The first-order valence-electron chi connectivity index (χ1n) is 10.5. The molecule has 6 heteroatoms. The van der Waals surface area contributed by atoms with E-state index in [2.05, 4.69) is 0 Å². The molecule has 0 amide bonds. The van der Waals surface area contributed by atoms with Crippen LogP contribution in [0.2, 0.25) is 0 Å². The number of anilines is 1. The SMILES string of the molecule is CN(C)Cc1cccc(C(C)(C)CC(O)(CN2CC=Cc3ccccc32)C(F)(F)F)c1. The minimum absolute atomic E-state index is 0.328. The summed E-state index contributed by atoms with van der Waals surface area (Å²) >= 11 is 0. The molecule has 168 valence electrons. The van der Waals surface area contributed by atoms with Gasteiger partial charge >= 0.3 is 6.18 Å². The number of fused-ring (bicyclic) bond motifs is 1. The van der Waals surface area contributed by atoms with Crippen molar-refractivity contribution < 1.29 is 18.3 Å². The first-order valence-corrected chi connectivity index (χ1v) is 10.5. The maximum Gasteiger partial charge on any atom is 0.418 e. The largest absolute Gasteiger partial charge is 0.418 e. The van der Waals surface area contributed by atoms with Crippen molar-refractivity contribution in [1.82, 2.24) is 4.90 Å².